The summed E-state index contributed by atoms with van der Waals surface area (Å²) >= 11 is 0. The summed E-state index contributed by atoms with van der Waals surface area (Å²) in [6.07, 6.45) is 0. The molecule has 2 saturated heterocycles. The second-order valence-electron chi connectivity index (χ2n) is 8.89. The Morgan fingerprint density at radius 2 is 1.19 bits per heavy atom. The Balaban J connectivity index is 0.000000201. The van der Waals surface area contributed by atoms with E-state index in [1.165, 1.54) is 44.6 Å². The summed E-state index contributed by atoms with van der Waals surface area (Å²) in [5, 5.41) is 0. The number of benzene rings is 2. The molecule has 0 unspecified atom stereocenters. The highest BCUT2D eigenvalue weighted by Gasteiger charge is 2.21. The van der Waals surface area contributed by atoms with Crippen LogP contribution in [0.1, 0.15) is 20.7 Å². The Kier molecular flexibility index (Phi) is 9.60. The van der Waals surface area contributed by atoms with Crippen LogP contribution in [0.25, 0.3) is 0 Å². The van der Waals surface area contributed by atoms with Crippen molar-refractivity contribution in [3.63, 3.8) is 0 Å². The average molecular weight is 505 g/mol. The highest BCUT2D eigenvalue weighted by atomic mass is 19.1. The lowest BCUT2D eigenvalue weighted by Gasteiger charge is -2.34. The van der Waals surface area contributed by atoms with Crippen LogP contribution in [0.2, 0.25) is 0 Å². The summed E-state index contributed by atoms with van der Waals surface area (Å²) in [5.41, 5.74) is 1.84. The van der Waals surface area contributed by atoms with Crippen molar-refractivity contribution in [1.82, 2.24) is 9.80 Å². The number of ether oxygens (including phenoxy) is 2. The smallest absolute Gasteiger partial charge is 0.340 e. The molecule has 2 aliphatic rings. The van der Waals surface area contributed by atoms with Crippen LogP contribution in [0, 0.1) is 11.6 Å². The van der Waals surface area contributed by atoms with Crippen molar-refractivity contribution in [2.75, 3.05) is 90.5 Å². The summed E-state index contributed by atoms with van der Waals surface area (Å²) in [6.45, 7) is 7.02. The first kappa shape index (κ1) is 27.3. The number of hydrogen-bond donors (Lipinski definition) is 0. The monoisotopic (exact) mass is 504 g/mol. The third kappa shape index (κ3) is 6.92. The number of esters is 2. The Morgan fingerprint density at radius 3 is 1.72 bits per heavy atom. The van der Waals surface area contributed by atoms with Gasteiger partial charge in [0.05, 0.1) is 31.0 Å². The SMILES string of the molecule is COC(=O)c1ccc(F)cc1N1CCN(C)CC1.COC(=O)c1ccc(N2CCN(C)CC2)cc1F. The number of carbonyl (C=O) groups excluding carboxylic acids is 2. The van der Waals surface area contributed by atoms with Gasteiger partial charge in [0, 0.05) is 58.0 Å². The van der Waals surface area contributed by atoms with Crippen molar-refractivity contribution < 1.29 is 27.8 Å². The third-order valence-electron chi connectivity index (χ3n) is 6.44. The van der Waals surface area contributed by atoms with Crippen LogP contribution in [0.5, 0.6) is 0 Å². The van der Waals surface area contributed by atoms with Gasteiger partial charge in [-0.1, -0.05) is 0 Å². The van der Waals surface area contributed by atoms with E-state index in [2.05, 4.69) is 26.5 Å². The average Bonchev–Trinajstić information content (AvgIpc) is 2.89. The zero-order valence-electron chi connectivity index (χ0n) is 21.3. The van der Waals surface area contributed by atoms with E-state index in [0.717, 1.165) is 58.0 Å². The van der Waals surface area contributed by atoms with Gasteiger partial charge in [-0.2, -0.15) is 0 Å². The van der Waals surface area contributed by atoms with Crippen LogP contribution in [-0.4, -0.2) is 102 Å². The number of rotatable bonds is 4. The van der Waals surface area contributed by atoms with E-state index in [9.17, 15) is 18.4 Å². The van der Waals surface area contributed by atoms with Gasteiger partial charge in [-0.15, -0.1) is 0 Å². The molecule has 0 radical (unpaired) electrons. The molecule has 0 saturated carbocycles. The van der Waals surface area contributed by atoms with Gasteiger partial charge in [-0.3, -0.25) is 0 Å². The molecule has 0 aliphatic carbocycles. The highest BCUT2D eigenvalue weighted by Crippen LogP contribution is 2.24. The first-order valence-electron chi connectivity index (χ1n) is 11.9. The molecule has 8 nitrogen and oxygen atoms in total. The largest absolute Gasteiger partial charge is 0.465 e. The molecule has 2 fully saturated rings. The molecule has 2 heterocycles. The van der Waals surface area contributed by atoms with Crippen molar-refractivity contribution in [2.24, 2.45) is 0 Å². The number of hydrogen-bond acceptors (Lipinski definition) is 8. The summed E-state index contributed by atoms with van der Waals surface area (Å²) in [5.74, 6) is -1.93. The Morgan fingerprint density at radius 1 is 0.694 bits per heavy atom. The zero-order valence-corrected chi connectivity index (χ0v) is 21.3. The van der Waals surface area contributed by atoms with Crippen LogP contribution in [0.4, 0.5) is 20.2 Å². The maximum Gasteiger partial charge on any atom is 0.340 e. The molecule has 2 aromatic carbocycles. The van der Waals surface area contributed by atoms with E-state index < -0.39 is 17.8 Å². The van der Waals surface area contributed by atoms with E-state index in [1.807, 2.05) is 11.9 Å². The highest BCUT2D eigenvalue weighted by molar-refractivity contribution is 5.95. The van der Waals surface area contributed by atoms with Gasteiger partial charge >= 0.3 is 11.9 Å². The van der Waals surface area contributed by atoms with Gasteiger partial charge in [0.2, 0.25) is 0 Å². The molecule has 0 spiro atoms. The Labute approximate surface area is 211 Å². The Bertz CT molecular complexity index is 1050. The maximum atomic E-state index is 13.8. The summed E-state index contributed by atoms with van der Waals surface area (Å²) in [7, 11) is 6.69. The zero-order chi connectivity index (χ0) is 26.2. The lowest BCUT2D eigenvalue weighted by molar-refractivity contribution is 0.0589. The quantitative estimate of drug-likeness (QED) is 0.589. The predicted molar refractivity (Wildman–Crippen MR) is 135 cm³/mol. The van der Waals surface area contributed by atoms with Crippen molar-refractivity contribution in [2.45, 2.75) is 0 Å². The van der Waals surface area contributed by atoms with Crippen LogP contribution < -0.4 is 9.80 Å². The second-order valence-corrected chi connectivity index (χ2v) is 8.89. The minimum atomic E-state index is -0.641. The molecule has 0 aromatic heterocycles. The molecule has 4 rings (SSSR count). The molecule has 0 amide bonds. The maximum absolute atomic E-state index is 13.8. The molecule has 196 valence electrons. The van der Waals surface area contributed by atoms with Crippen LogP contribution in [0.15, 0.2) is 36.4 Å². The molecule has 0 N–H and O–H groups in total. The number of carbonyl (C=O) groups is 2. The summed E-state index contributed by atoms with van der Waals surface area (Å²) < 4.78 is 36.4. The van der Waals surface area contributed by atoms with E-state index in [1.54, 1.807) is 6.07 Å². The fourth-order valence-electron chi connectivity index (χ4n) is 4.14. The van der Waals surface area contributed by atoms with Gasteiger partial charge in [-0.05, 0) is 50.5 Å². The fourth-order valence-corrected chi connectivity index (χ4v) is 4.14. The van der Waals surface area contributed by atoms with Crippen LogP contribution in [0.3, 0.4) is 0 Å². The molecule has 0 bridgehead atoms. The minimum Gasteiger partial charge on any atom is -0.465 e. The first-order chi connectivity index (χ1) is 17.2. The second kappa shape index (κ2) is 12.6. The number of nitrogens with zero attached hydrogens (tertiary/aromatic N) is 4. The number of piperazine rings is 2. The van der Waals surface area contributed by atoms with Crippen molar-refractivity contribution in [3.05, 3.63) is 59.2 Å². The third-order valence-corrected chi connectivity index (χ3v) is 6.44. The summed E-state index contributed by atoms with van der Waals surface area (Å²) in [6, 6.07) is 8.81. The van der Waals surface area contributed by atoms with E-state index >= 15 is 0 Å². The van der Waals surface area contributed by atoms with Gasteiger partial charge in [0.25, 0.3) is 0 Å². The van der Waals surface area contributed by atoms with Crippen molar-refractivity contribution in [3.8, 4) is 0 Å². The lowest BCUT2D eigenvalue weighted by atomic mass is 10.1. The number of anilines is 2. The number of methoxy groups -OCH3 is 2. The Hall–Kier alpha value is -3.24. The van der Waals surface area contributed by atoms with Gasteiger partial charge in [-0.25, -0.2) is 18.4 Å². The van der Waals surface area contributed by atoms with E-state index in [0.29, 0.717) is 11.3 Å². The van der Waals surface area contributed by atoms with Crippen molar-refractivity contribution in [1.29, 1.82) is 0 Å². The molecule has 0 atom stereocenters. The van der Waals surface area contributed by atoms with E-state index in [-0.39, 0.29) is 11.4 Å². The number of halogens is 2. The molecule has 10 heteroatoms. The summed E-state index contributed by atoms with van der Waals surface area (Å²) in [4.78, 5) is 31.5. The lowest BCUT2D eigenvalue weighted by Crippen LogP contribution is -2.45. The number of likely N-dealkylation sites (N-methyl/N-ethyl adjacent to an activating group) is 2. The first-order valence-corrected chi connectivity index (χ1v) is 11.9. The van der Waals surface area contributed by atoms with Crippen LogP contribution >= 0.6 is 0 Å². The molecular formula is C26H34F2N4O4. The van der Waals surface area contributed by atoms with Gasteiger partial charge < -0.3 is 29.1 Å². The molecule has 36 heavy (non-hydrogen) atoms. The molecule has 2 aliphatic heterocycles. The minimum absolute atomic E-state index is 0.0182. The predicted octanol–water partition coefficient (Wildman–Crippen LogP) is 2.73. The fraction of sp³-hybridized carbons (Fsp3) is 0.462. The standard InChI is InChI=1S/2C13H17FN2O2/c1-15-5-7-16(8-6-15)10-3-4-11(12(14)9-10)13(17)18-2;1-15-5-7-16(8-6-15)12-9-10(14)3-4-11(12)13(17)18-2/h2*3-4,9H,5-8H2,1-2H3. The van der Waals surface area contributed by atoms with E-state index in [4.69, 9.17) is 4.74 Å². The normalized spacial score (nSPS) is 16.7. The van der Waals surface area contributed by atoms with Gasteiger partial charge in [0.15, 0.2) is 0 Å². The van der Waals surface area contributed by atoms with Crippen LogP contribution in [-0.2, 0) is 9.47 Å². The topological polar surface area (TPSA) is 65.6 Å². The van der Waals surface area contributed by atoms with Crippen molar-refractivity contribution >= 4 is 23.3 Å². The molecular weight excluding hydrogens is 470 g/mol. The van der Waals surface area contributed by atoms with Gasteiger partial charge in [0.1, 0.15) is 11.6 Å². The molecule has 2 aromatic rings.